The predicted molar refractivity (Wildman–Crippen MR) is 53.4 cm³/mol. The summed E-state index contributed by atoms with van der Waals surface area (Å²) in [4.78, 5) is 0. The molecule has 1 aromatic rings. The lowest BCUT2D eigenvalue weighted by molar-refractivity contribution is 0.619. The minimum Gasteiger partial charge on any atom is -0.310 e. The molecule has 0 amide bonds. The van der Waals surface area contributed by atoms with E-state index in [1.54, 1.807) is 19.2 Å². The molecule has 0 spiro atoms. The van der Waals surface area contributed by atoms with E-state index in [9.17, 15) is 4.39 Å². The van der Waals surface area contributed by atoms with E-state index in [1.807, 2.05) is 0 Å². The Morgan fingerprint density at radius 2 is 2.31 bits per heavy atom. The number of benzene rings is 1. The molecule has 0 bridgehead atoms. The Kier molecular flexibility index (Phi) is 3.46. The van der Waals surface area contributed by atoms with Crippen LogP contribution in [0.3, 0.4) is 0 Å². The van der Waals surface area contributed by atoms with Gasteiger partial charge < -0.3 is 5.32 Å². The van der Waals surface area contributed by atoms with E-state index in [-0.39, 0.29) is 11.9 Å². The molecule has 3 heteroatoms. The SMILES string of the molecule is C=CC(NC)c1cc(F)ccc1Cl. The van der Waals surface area contributed by atoms with Gasteiger partial charge >= 0.3 is 0 Å². The highest BCUT2D eigenvalue weighted by Crippen LogP contribution is 2.24. The molecule has 0 heterocycles. The normalized spacial score (nSPS) is 12.5. The lowest BCUT2D eigenvalue weighted by Crippen LogP contribution is -2.14. The van der Waals surface area contributed by atoms with Gasteiger partial charge in [0.05, 0.1) is 6.04 Å². The molecule has 0 saturated carbocycles. The number of hydrogen-bond acceptors (Lipinski definition) is 1. The molecular weight excluding hydrogens is 189 g/mol. The van der Waals surface area contributed by atoms with Gasteiger partial charge in [-0.3, -0.25) is 0 Å². The highest BCUT2D eigenvalue weighted by atomic mass is 35.5. The van der Waals surface area contributed by atoms with Gasteiger partial charge in [-0.25, -0.2) is 4.39 Å². The smallest absolute Gasteiger partial charge is 0.123 e. The lowest BCUT2D eigenvalue weighted by Gasteiger charge is -2.13. The summed E-state index contributed by atoms with van der Waals surface area (Å²) in [6.45, 7) is 3.64. The minimum absolute atomic E-state index is 0.108. The van der Waals surface area contributed by atoms with Crippen molar-refractivity contribution < 1.29 is 4.39 Å². The van der Waals surface area contributed by atoms with Crippen molar-refractivity contribution in [3.8, 4) is 0 Å². The average Bonchev–Trinajstić information content (AvgIpc) is 2.13. The Morgan fingerprint density at radius 3 is 2.85 bits per heavy atom. The molecule has 13 heavy (non-hydrogen) atoms. The first-order valence-corrected chi connectivity index (χ1v) is 4.31. The first-order chi connectivity index (χ1) is 6.19. The molecule has 70 valence electrons. The molecule has 0 aromatic heterocycles. The molecular formula is C10H11ClFN. The maximum absolute atomic E-state index is 12.9. The van der Waals surface area contributed by atoms with Crippen molar-refractivity contribution in [2.75, 3.05) is 7.05 Å². The number of hydrogen-bond donors (Lipinski definition) is 1. The van der Waals surface area contributed by atoms with Crippen LogP contribution in [0.4, 0.5) is 4.39 Å². The Hall–Kier alpha value is -0.860. The van der Waals surface area contributed by atoms with Gasteiger partial charge in [0.2, 0.25) is 0 Å². The van der Waals surface area contributed by atoms with Gasteiger partial charge in [0, 0.05) is 5.02 Å². The standard InChI is InChI=1S/C10H11ClFN/c1-3-10(13-2)8-6-7(12)4-5-9(8)11/h3-6,10,13H,1H2,2H3. The molecule has 1 rings (SSSR count). The van der Waals surface area contributed by atoms with Gasteiger partial charge in [0.1, 0.15) is 5.82 Å². The Labute approximate surface area is 82.2 Å². The summed E-state index contributed by atoms with van der Waals surface area (Å²) >= 11 is 5.89. The van der Waals surface area contributed by atoms with E-state index >= 15 is 0 Å². The van der Waals surface area contributed by atoms with Crippen molar-refractivity contribution >= 4 is 11.6 Å². The highest BCUT2D eigenvalue weighted by Gasteiger charge is 2.09. The van der Waals surface area contributed by atoms with Crippen molar-refractivity contribution in [1.82, 2.24) is 5.32 Å². The fourth-order valence-electron chi connectivity index (χ4n) is 1.15. The minimum atomic E-state index is -0.290. The van der Waals surface area contributed by atoms with Gasteiger partial charge in [-0.1, -0.05) is 17.7 Å². The lowest BCUT2D eigenvalue weighted by atomic mass is 10.1. The summed E-state index contributed by atoms with van der Waals surface area (Å²) in [6, 6.07) is 4.18. The Balaban J connectivity index is 3.10. The topological polar surface area (TPSA) is 12.0 Å². The molecule has 1 atom stereocenters. The van der Waals surface area contributed by atoms with Gasteiger partial charge in [-0.2, -0.15) is 0 Å². The average molecular weight is 200 g/mol. The van der Waals surface area contributed by atoms with Crippen LogP contribution in [-0.4, -0.2) is 7.05 Å². The maximum Gasteiger partial charge on any atom is 0.123 e. The van der Waals surface area contributed by atoms with Crippen LogP contribution in [0.5, 0.6) is 0 Å². The summed E-state index contributed by atoms with van der Waals surface area (Å²) in [6.07, 6.45) is 1.68. The van der Waals surface area contributed by atoms with Crippen molar-refractivity contribution in [2.45, 2.75) is 6.04 Å². The number of halogens is 2. The van der Waals surface area contributed by atoms with Gasteiger partial charge in [0.15, 0.2) is 0 Å². The summed E-state index contributed by atoms with van der Waals surface area (Å²) < 4.78 is 12.9. The Morgan fingerprint density at radius 1 is 1.62 bits per heavy atom. The van der Waals surface area contributed by atoms with Crippen LogP contribution in [0, 0.1) is 5.82 Å². The van der Waals surface area contributed by atoms with Crippen molar-refractivity contribution in [3.05, 3.63) is 47.3 Å². The second-order valence-corrected chi connectivity index (χ2v) is 3.08. The van der Waals surface area contributed by atoms with Crippen LogP contribution in [0.25, 0.3) is 0 Å². The van der Waals surface area contributed by atoms with Gasteiger partial charge in [-0.15, -0.1) is 6.58 Å². The molecule has 1 N–H and O–H groups in total. The van der Waals surface area contributed by atoms with Gasteiger partial charge in [0.25, 0.3) is 0 Å². The van der Waals surface area contributed by atoms with E-state index in [0.717, 1.165) is 0 Å². The number of rotatable bonds is 3. The molecule has 1 aromatic carbocycles. The van der Waals surface area contributed by atoms with E-state index in [0.29, 0.717) is 10.6 Å². The van der Waals surface area contributed by atoms with Crippen LogP contribution in [0.2, 0.25) is 5.02 Å². The Bertz CT molecular complexity index is 312. The molecule has 0 aliphatic rings. The monoisotopic (exact) mass is 199 g/mol. The predicted octanol–water partition coefficient (Wildman–Crippen LogP) is 2.93. The van der Waals surface area contributed by atoms with Crippen LogP contribution in [0.1, 0.15) is 11.6 Å². The van der Waals surface area contributed by atoms with Crippen LogP contribution < -0.4 is 5.32 Å². The summed E-state index contributed by atoms with van der Waals surface area (Å²) in [5.74, 6) is -0.290. The largest absolute Gasteiger partial charge is 0.310 e. The van der Waals surface area contributed by atoms with E-state index < -0.39 is 0 Å². The van der Waals surface area contributed by atoms with Crippen LogP contribution in [0.15, 0.2) is 30.9 Å². The van der Waals surface area contributed by atoms with Crippen molar-refractivity contribution in [3.63, 3.8) is 0 Å². The molecule has 0 radical (unpaired) electrons. The van der Waals surface area contributed by atoms with E-state index in [4.69, 9.17) is 11.6 Å². The first kappa shape index (κ1) is 10.2. The molecule has 1 nitrogen and oxygen atoms in total. The fraction of sp³-hybridized carbons (Fsp3) is 0.200. The van der Waals surface area contributed by atoms with Crippen LogP contribution >= 0.6 is 11.6 Å². The summed E-state index contributed by atoms with van der Waals surface area (Å²) in [5.41, 5.74) is 0.708. The third-order valence-electron chi connectivity index (χ3n) is 1.84. The second-order valence-electron chi connectivity index (χ2n) is 2.67. The molecule has 0 aliphatic carbocycles. The van der Waals surface area contributed by atoms with E-state index in [1.165, 1.54) is 12.1 Å². The first-order valence-electron chi connectivity index (χ1n) is 3.93. The summed E-state index contributed by atoms with van der Waals surface area (Å²) in [5, 5.41) is 3.51. The summed E-state index contributed by atoms with van der Waals surface area (Å²) in [7, 11) is 1.77. The number of likely N-dealkylation sites (N-methyl/N-ethyl adjacent to an activating group) is 1. The quantitative estimate of drug-likeness (QED) is 0.739. The highest BCUT2D eigenvalue weighted by molar-refractivity contribution is 6.31. The van der Waals surface area contributed by atoms with Gasteiger partial charge in [-0.05, 0) is 30.8 Å². The zero-order chi connectivity index (χ0) is 9.84. The molecule has 0 fully saturated rings. The molecule has 1 unspecified atom stereocenters. The third kappa shape index (κ3) is 2.29. The number of nitrogens with one attached hydrogen (secondary N) is 1. The molecule has 0 aliphatic heterocycles. The van der Waals surface area contributed by atoms with Crippen molar-refractivity contribution in [1.29, 1.82) is 0 Å². The second kappa shape index (κ2) is 4.40. The fourth-order valence-corrected chi connectivity index (χ4v) is 1.39. The zero-order valence-corrected chi connectivity index (χ0v) is 8.11. The third-order valence-corrected chi connectivity index (χ3v) is 2.18. The zero-order valence-electron chi connectivity index (χ0n) is 7.35. The van der Waals surface area contributed by atoms with E-state index in [2.05, 4.69) is 11.9 Å². The molecule has 0 saturated heterocycles. The van der Waals surface area contributed by atoms with Crippen LogP contribution in [-0.2, 0) is 0 Å². The maximum atomic E-state index is 12.9. The van der Waals surface area contributed by atoms with Crippen molar-refractivity contribution in [2.24, 2.45) is 0 Å².